The largest absolute Gasteiger partial charge is 0.497 e. The SMILES string of the molecule is COc1ccc(OC)c(NC(C)c2cncs2)c1. The lowest BCUT2D eigenvalue weighted by Crippen LogP contribution is -2.06. The number of ether oxygens (including phenoxy) is 2. The molecule has 1 aromatic heterocycles. The highest BCUT2D eigenvalue weighted by Crippen LogP contribution is 2.32. The molecule has 1 aromatic carbocycles. The van der Waals surface area contributed by atoms with Crippen molar-refractivity contribution in [1.82, 2.24) is 4.98 Å². The molecule has 18 heavy (non-hydrogen) atoms. The number of anilines is 1. The zero-order valence-corrected chi connectivity index (χ0v) is 11.5. The van der Waals surface area contributed by atoms with E-state index in [0.717, 1.165) is 17.2 Å². The van der Waals surface area contributed by atoms with Crippen molar-refractivity contribution in [2.24, 2.45) is 0 Å². The van der Waals surface area contributed by atoms with Gasteiger partial charge in [-0.15, -0.1) is 11.3 Å². The van der Waals surface area contributed by atoms with E-state index in [1.807, 2.05) is 29.9 Å². The number of benzene rings is 1. The molecule has 4 nitrogen and oxygen atoms in total. The molecule has 0 saturated heterocycles. The van der Waals surface area contributed by atoms with E-state index in [0.29, 0.717) is 0 Å². The molecule has 5 heteroatoms. The lowest BCUT2D eigenvalue weighted by atomic mass is 10.2. The topological polar surface area (TPSA) is 43.4 Å². The predicted molar refractivity (Wildman–Crippen MR) is 73.7 cm³/mol. The molecule has 0 spiro atoms. The van der Waals surface area contributed by atoms with Crippen LogP contribution in [0.25, 0.3) is 0 Å². The van der Waals surface area contributed by atoms with Gasteiger partial charge in [0.25, 0.3) is 0 Å². The Bertz CT molecular complexity index is 500. The van der Waals surface area contributed by atoms with Gasteiger partial charge in [-0.2, -0.15) is 0 Å². The van der Waals surface area contributed by atoms with Crippen molar-refractivity contribution in [2.45, 2.75) is 13.0 Å². The van der Waals surface area contributed by atoms with E-state index in [9.17, 15) is 0 Å². The molecule has 0 aliphatic rings. The van der Waals surface area contributed by atoms with E-state index in [2.05, 4.69) is 17.2 Å². The fraction of sp³-hybridized carbons (Fsp3) is 0.308. The van der Waals surface area contributed by atoms with E-state index < -0.39 is 0 Å². The Morgan fingerprint density at radius 3 is 2.72 bits per heavy atom. The van der Waals surface area contributed by atoms with Crippen LogP contribution in [0.1, 0.15) is 17.8 Å². The van der Waals surface area contributed by atoms with E-state index in [4.69, 9.17) is 9.47 Å². The summed E-state index contributed by atoms with van der Waals surface area (Å²) >= 11 is 1.63. The van der Waals surface area contributed by atoms with Crippen molar-refractivity contribution in [3.8, 4) is 11.5 Å². The summed E-state index contributed by atoms with van der Waals surface area (Å²) in [4.78, 5) is 5.26. The summed E-state index contributed by atoms with van der Waals surface area (Å²) in [5, 5.41) is 3.40. The molecule has 1 heterocycles. The Morgan fingerprint density at radius 1 is 1.28 bits per heavy atom. The molecule has 0 radical (unpaired) electrons. The van der Waals surface area contributed by atoms with Crippen LogP contribution in [-0.2, 0) is 0 Å². The lowest BCUT2D eigenvalue weighted by Gasteiger charge is -2.17. The summed E-state index contributed by atoms with van der Waals surface area (Å²) in [5.74, 6) is 1.60. The highest BCUT2D eigenvalue weighted by atomic mass is 32.1. The highest BCUT2D eigenvalue weighted by Gasteiger charge is 2.11. The number of nitrogens with one attached hydrogen (secondary N) is 1. The molecule has 0 amide bonds. The molecule has 0 bridgehead atoms. The highest BCUT2D eigenvalue weighted by molar-refractivity contribution is 7.09. The minimum atomic E-state index is 0.179. The fourth-order valence-electron chi connectivity index (χ4n) is 1.67. The standard InChI is InChI=1S/C13H16N2O2S/c1-9(13-7-14-8-18-13)15-11-6-10(16-2)4-5-12(11)17-3/h4-9,15H,1-3H3. The molecule has 1 atom stereocenters. The molecule has 2 rings (SSSR count). The van der Waals surface area contributed by atoms with Crippen molar-refractivity contribution in [3.05, 3.63) is 34.8 Å². The average Bonchev–Trinajstić information content (AvgIpc) is 2.92. The van der Waals surface area contributed by atoms with Crippen LogP contribution in [0.2, 0.25) is 0 Å². The smallest absolute Gasteiger partial charge is 0.142 e. The second-order valence-electron chi connectivity index (χ2n) is 3.84. The maximum Gasteiger partial charge on any atom is 0.142 e. The van der Waals surface area contributed by atoms with Crippen molar-refractivity contribution in [2.75, 3.05) is 19.5 Å². The number of aromatic nitrogens is 1. The number of hydrogen-bond donors (Lipinski definition) is 1. The van der Waals surface area contributed by atoms with Crippen LogP contribution in [0.4, 0.5) is 5.69 Å². The quantitative estimate of drug-likeness (QED) is 0.899. The van der Waals surface area contributed by atoms with E-state index in [1.165, 1.54) is 4.88 Å². The summed E-state index contributed by atoms with van der Waals surface area (Å²) in [7, 11) is 3.31. The third-order valence-corrected chi connectivity index (χ3v) is 3.62. The summed E-state index contributed by atoms with van der Waals surface area (Å²) in [6.07, 6.45) is 1.87. The van der Waals surface area contributed by atoms with Crippen molar-refractivity contribution in [1.29, 1.82) is 0 Å². The third-order valence-electron chi connectivity index (χ3n) is 2.66. The predicted octanol–water partition coefficient (Wildman–Crippen LogP) is 3.33. The Kier molecular flexibility index (Phi) is 4.04. The number of nitrogens with zero attached hydrogens (tertiary/aromatic N) is 1. The molecule has 0 saturated carbocycles. The summed E-state index contributed by atoms with van der Waals surface area (Å²) in [5.41, 5.74) is 2.74. The Balaban J connectivity index is 2.21. The van der Waals surface area contributed by atoms with Gasteiger partial charge in [-0.1, -0.05) is 0 Å². The van der Waals surface area contributed by atoms with Crippen molar-refractivity contribution >= 4 is 17.0 Å². The minimum absolute atomic E-state index is 0.179. The maximum absolute atomic E-state index is 5.33. The average molecular weight is 264 g/mol. The molecule has 0 aliphatic carbocycles. The van der Waals surface area contributed by atoms with E-state index in [1.54, 1.807) is 25.6 Å². The van der Waals surface area contributed by atoms with Gasteiger partial charge in [0.1, 0.15) is 11.5 Å². The van der Waals surface area contributed by atoms with Crippen LogP contribution in [0.5, 0.6) is 11.5 Å². The van der Waals surface area contributed by atoms with Crippen LogP contribution >= 0.6 is 11.3 Å². The molecule has 2 aromatic rings. The van der Waals surface area contributed by atoms with Crippen LogP contribution in [0.15, 0.2) is 29.9 Å². The fourth-order valence-corrected chi connectivity index (χ4v) is 2.30. The Labute approximate surface area is 111 Å². The van der Waals surface area contributed by atoms with Gasteiger partial charge in [-0.25, -0.2) is 0 Å². The third kappa shape index (κ3) is 2.73. The molecule has 96 valence electrons. The second-order valence-corrected chi connectivity index (χ2v) is 4.75. The molecular weight excluding hydrogens is 248 g/mol. The first-order chi connectivity index (χ1) is 8.74. The zero-order chi connectivity index (χ0) is 13.0. The number of rotatable bonds is 5. The van der Waals surface area contributed by atoms with Gasteiger partial charge in [0.15, 0.2) is 0 Å². The minimum Gasteiger partial charge on any atom is -0.497 e. The first kappa shape index (κ1) is 12.7. The maximum atomic E-state index is 5.33. The monoisotopic (exact) mass is 264 g/mol. The summed E-state index contributed by atoms with van der Waals surface area (Å²) in [6.45, 7) is 2.09. The van der Waals surface area contributed by atoms with Gasteiger partial charge >= 0.3 is 0 Å². The number of thiazole rings is 1. The van der Waals surface area contributed by atoms with E-state index >= 15 is 0 Å². The Morgan fingerprint density at radius 2 is 2.11 bits per heavy atom. The Hall–Kier alpha value is -1.75. The summed E-state index contributed by atoms with van der Waals surface area (Å²) in [6, 6.07) is 5.87. The first-order valence-electron chi connectivity index (χ1n) is 5.61. The second kappa shape index (κ2) is 5.73. The van der Waals surface area contributed by atoms with E-state index in [-0.39, 0.29) is 6.04 Å². The first-order valence-corrected chi connectivity index (χ1v) is 6.49. The summed E-state index contributed by atoms with van der Waals surface area (Å²) < 4.78 is 10.6. The van der Waals surface area contributed by atoms with Gasteiger partial charge < -0.3 is 14.8 Å². The van der Waals surface area contributed by atoms with Gasteiger partial charge in [-0.3, -0.25) is 4.98 Å². The number of methoxy groups -OCH3 is 2. The van der Waals surface area contributed by atoms with Crippen LogP contribution < -0.4 is 14.8 Å². The molecule has 0 aliphatic heterocycles. The van der Waals surface area contributed by atoms with Crippen LogP contribution in [-0.4, -0.2) is 19.2 Å². The normalized spacial score (nSPS) is 11.9. The molecule has 0 fully saturated rings. The molecule has 1 N–H and O–H groups in total. The van der Waals surface area contributed by atoms with Crippen LogP contribution in [0.3, 0.4) is 0 Å². The molecule has 1 unspecified atom stereocenters. The van der Waals surface area contributed by atoms with Gasteiger partial charge in [-0.05, 0) is 19.1 Å². The van der Waals surface area contributed by atoms with Crippen molar-refractivity contribution < 1.29 is 9.47 Å². The van der Waals surface area contributed by atoms with Gasteiger partial charge in [0.2, 0.25) is 0 Å². The van der Waals surface area contributed by atoms with Gasteiger partial charge in [0, 0.05) is 17.1 Å². The van der Waals surface area contributed by atoms with Crippen molar-refractivity contribution in [3.63, 3.8) is 0 Å². The van der Waals surface area contributed by atoms with Crippen LogP contribution in [0, 0.1) is 0 Å². The zero-order valence-electron chi connectivity index (χ0n) is 10.6. The number of hydrogen-bond acceptors (Lipinski definition) is 5. The lowest BCUT2D eigenvalue weighted by molar-refractivity contribution is 0.404. The van der Waals surface area contributed by atoms with Gasteiger partial charge in [0.05, 0.1) is 31.5 Å². The molecular formula is C13H16N2O2S.